The molecule has 9 heteroatoms. The summed E-state index contributed by atoms with van der Waals surface area (Å²) < 4.78 is 6.03. The highest BCUT2D eigenvalue weighted by molar-refractivity contribution is 9.12. The van der Waals surface area contributed by atoms with E-state index in [2.05, 4.69) is 47.8 Å². The third kappa shape index (κ3) is 3.82. The maximum absolute atomic E-state index is 13.2. The van der Waals surface area contributed by atoms with Crippen LogP contribution in [0.2, 0.25) is 0 Å². The fourth-order valence-corrected chi connectivity index (χ4v) is 7.45. The Labute approximate surface area is 215 Å². The third-order valence-electron chi connectivity index (χ3n) is 6.83. The lowest BCUT2D eigenvalue weighted by Crippen LogP contribution is -2.37. The molecule has 2 aromatic rings. The van der Waals surface area contributed by atoms with Gasteiger partial charge >= 0.3 is 5.97 Å². The Hall–Kier alpha value is -1.84. The van der Waals surface area contributed by atoms with E-state index in [1.807, 2.05) is 0 Å². The number of fused-ring (bicyclic) bond motifs is 5. The molecule has 1 heterocycles. The van der Waals surface area contributed by atoms with Crippen molar-refractivity contribution in [3.05, 3.63) is 64.1 Å². The van der Waals surface area contributed by atoms with Gasteiger partial charge in [-0.15, -0.1) is 0 Å². The Morgan fingerprint density at radius 2 is 1.52 bits per heavy atom. The molecule has 3 fully saturated rings. The topological polar surface area (TPSA) is 80.8 Å². The number of amides is 2. The van der Waals surface area contributed by atoms with Gasteiger partial charge in [0.2, 0.25) is 11.8 Å². The van der Waals surface area contributed by atoms with Crippen LogP contribution in [-0.4, -0.2) is 39.8 Å². The normalized spacial score (nSPS) is 30.0. The van der Waals surface area contributed by atoms with E-state index in [-0.39, 0.29) is 56.5 Å². The molecule has 0 unspecified atom stereocenters. The van der Waals surface area contributed by atoms with Gasteiger partial charge in [-0.1, -0.05) is 66.0 Å². The molecule has 1 saturated heterocycles. The van der Waals surface area contributed by atoms with Crippen LogP contribution in [0.25, 0.3) is 0 Å². The highest BCUT2D eigenvalue weighted by Gasteiger charge is 2.66. The Kier molecular flexibility index (Phi) is 6.07. The molecule has 6 nitrogen and oxygen atoms in total. The van der Waals surface area contributed by atoms with Gasteiger partial charge in [-0.25, -0.2) is 4.79 Å². The van der Waals surface area contributed by atoms with E-state index in [0.717, 1.165) is 10.9 Å². The van der Waals surface area contributed by atoms with Crippen molar-refractivity contribution in [2.24, 2.45) is 23.7 Å². The zero-order chi connectivity index (χ0) is 23.4. The molecule has 0 aromatic heterocycles. The molecule has 5 rings (SSSR count). The largest absolute Gasteiger partial charge is 0.454 e. The van der Waals surface area contributed by atoms with E-state index in [4.69, 9.17) is 4.74 Å². The molecular formula is C24H18Br3NO5. The standard InChI is InChI=1S/C24H18Br3NO5/c25-13-6-4-11(5-7-13)17(29)10-33-24(32)12-2-1-3-14(8-12)28-22(30)18-15-9-16(19(18)23(28)31)21(27)20(15)26/h1-8,15-16,18-21H,9-10H2/t15-,16-,18-,19+,20-,21+/m1/s1. The number of esters is 1. The van der Waals surface area contributed by atoms with Crippen molar-refractivity contribution in [2.75, 3.05) is 11.5 Å². The number of nitrogens with zero attached hydrogens (tertiary/aromatic N) is 1. The Morgan fingerprint density at radius 3 is 2.12 bits per heavy atom. The molecule has 6 atom stereocenters. The van der Waals surface area contributed by atoms with E-state index in [9.17, 15) is 19.2 Å². The van der Waals surface area contributed by atoms with Crippen molar-refractivity contribution in [3.8, 4) is 0 Å². The molecular weight excluding hydrogens is 622 g/mol. The summed E-state index contributed by atoms with van der Waals surface area (Å²) in [5.41, 5.74) is 0.961. The highest BCUT2D eigenvalue weighted by atomic mass is 79.9. The fraction of sp³-hybridized carbons (Fsp3) is 0.333. The lowest BCUT2D eigenvalue weighted by Gasteiger charge is -2.28. The second kappa shape index (κ2) is 8.74. The zero-order valence-electron chi connectivity index (χ0n) is 17.1. The first-order valence-corrected chi connectivity index (χ1v) is 13.1. The van der Waals surface area contributed by atoms with Crippen LogP contribution < -0.4 is 4.90 Å². The first kappa shape index (κ1) is 22.9. The van der Waals surface area contributed by atoms with Crippen molar-refractivity contribution < 1.29 is 23.9 Å². The van der Waals surface area contributed by atoms with Gasteiger partial charge in [0.1, 0.15) is 0 Å². The summed E-state index contributed by atoms with van der Waals surface area (Å²) in [5, 5.41) is 0. The average molecular weight is 640 g/mol. The predicted octanol–water partition coefficient (Wildman–Crippen LogP) is 4.77. The third-order valence-corrected chi connectivity index (χ3v) is 10.6. The van der Waals surface area contributed by atoms with E-state index < -0.39 is 12.6 Å². The van der Waals surface area contributed by atoms with Crippen LogP contribution in [0.1, 0.15) is 27.1 Å². The molecule has 0 radical (unpaired) electrons. The molecule has 2 saturated carbocycles. The summed E-state index contributed by atoms with van der Waals surface area (Å²) >= 11 is 10.7. The Balaban J connectivity index is 1.31. The maximum Gasteiger partial charge on any atom is 0.338 e. The number of hydrogen-bond donors (Lipinski definition) is 0. The average Bonchev–Trinajstić information content (AvgIpc) is 3.42. The zero-order valence-corrected chi connectivity index (χ0v) is 21.9. The van der Waals surface area contributed by atoms with E-state index in [1.54, 1.807) is 36.4 Å². The number of alkyl halides is 2. The molecule has 170 valence electrons. The molecule has 2 bridgehead atoms. The molecule has 2 aliphatic carbocycles. The van der Waals surface area contributed by atoms with Gasteiger partial charge in [0.25, 0.3) is 0 Å². The van der Waals surface area contributed by atoms with E-state index >= 15 is 0 Å². The van der Waals surface area contributed by atoms with Crippen molar-refractivity contribution >= 4 is 77.0 Å². The van der Waals surface area contributed by atoms with Crippen LogP contribution in [0.4, 0.5) is 5.69 Å². The number of carbonyl (C=O) groups is 4. The summed E-state index contributed by atoms with van der Waals surface area (Å²) in [5.74, 6) is -1.88. The second-order valence-electron chi connectivity index (χ2n) is 8.57. The SMILES string of the molecule is O=C(COC(=O)c1cccc(N2C(=O)[C@@H]3[C@H]4C[C@@H]([C@H](Br)[C@@H]4Br)[C@@H]3C2=O)c1)c1ccc(Br)cc1. The monoisotopic (exact) mass is 637 g/mol. The minimum atomic E-state index is -0.692. The smallest absolute Gasteiger partial charge is 0.338 e. The number of imide groups is 1. The van der Waals surface area contributed by atoms with Crippen molar-refractivity contribution in [1.29, 1.82) is 0 Å². The first-order valence-electron chi connectivity index (χ1n) is 10.5. The molecule has 2 amide bonds. The highest BCUT2D eigenvalue weighted by Crippen LogP contribution is 2.60. The minimum Gasteiger partial charge on any atom is -0.454 e. The van der Waals surface area contributed by atoms with Gasteiger partial charge in [0.05, 0.1) is 23.1 Å². The van der Waals surface area contributed by atoms with Crippen LogP contribution in [0.3, 0.4) is 0 Å². The van der Waals surface area contributed by atoms with E-state index in [0.29, 0.717) is 11.3 Å². The number of benzene rings is 2. The van der Waals surface area contributed by atoms with Crippen molar-refractivity contribution in [1.82, 2.24) is 0 Å². The second-order valence-corrected chi connectivity index (χ2v) is 11.6. The number of ketones is 1. The number of halogens is 3. The van der Waals surface area contributed by atoms with Crippen molar-refractivity contribution in [2.45, 2.75) is 16.1 Å². The molecule has 1 aliphatic heterocycles. The number of carbonyl (C=O) groups excluding carboxylic acids is 4. The summed E-state index contributed by atoms with van der Waals surface area (Å²) in [6.45, 7) is -0.404. The summed E-state index contributed by atoms with van der Waals surface area (Å²) in [6.07, 6.45) is 0.852. The fourth-order valence-electron chi connectivity index (χ4n) is 5.31. The number of hydrogen-bond acceptors (Lipinski definition) is 5. The molecule has 3 aliphatic rings. The van der Waals surface area contributed by atoms with Gasteiger partial charge in [0, 0.05) is 19.7 Å². The van der Waals surface area contributed by atoms with Gasteiger partial charge in [-0.3, -0.25) is 19.3 Å². The molecule has 2 aromatic carbocycles. The van der Waals surface area contributed by atoms with E-state index in [1.165, 1.54) is 17.0 Å². The quantitative estimate of drug-likeness (QED) is 0.204. The van der Waals surface area contributed by atoms with Crippen LogP contribution in [-0.2, 0) is 14.3 Å². The summed E-state index contributed by atoms with van der Waals surface area (Å²) in [4.78, 5) is 52.8. The Bertz CT molecular complexity index is 1130. The molecule has 0 N–H and O–H groups in total. The van der Waals surface area contributed by atoms with Gasteiger partial charge in [0.15, 0.2) is 12.4 Å². The lowest BCUT2D eigenvalue weighted by molar-refractivity contribution is -0.123. The number of ether oxygens (including phenoxy) is 1. The Morgan fingerprint density at radius 1 is 0.909 bits per heavy atom. The van der Waals surface area contributed by atoms with Gasteiger partial charge in [-0.2, -0.15) is 0 Å². The van der Waals surface area contributed by atoms with Crippen molar-refractivity contribution in [3.63, 3.8) is 0 Å². The molecule has 33 heavy (non-hydrogen) atoms. The minimum absolute atomic E-state index is 0.114. The molecule has 0 spiro atoms. The lowest BCUT2D eigenvalue weighted by atomic mass is 9.81. The first-order chi connectivity index (χ1) is 15.8. The van der Waals surface area contributed by atoms with Crippen LogP contribution >= 0.6 is 47.8 Å². The summed E-state index contributed by atoms with van der Waals surface area (Å²) in [6, 6.07) is 13.0. The summed E-state index contributed by atoms with van der Waals surface area (Å²) in [7, 11) is 0. The maximum atomic E-state index is 13.2. The number of Topliss-reactive ketones (excluding diaryl/α,β-unsaturated/α-hetero) is 1. The van der Waals surface area contributed by atoms with Crippen LogP contribution in [0, 0.1) is 23.7 Å². The van der Waals surface area contributed by atoms with Crippen LogP contribution in [0.5, 0.6) is 0 Å². The van der Waals surface area contributed by atoms with Gasteiger partial charge in [-0.05, 0) is 48.6 Å². The number of rotatable bonds is 5. The van der Waals surface area contributed by atoms with Gasteiger partial charge < -0.3 is 4.74 Å². The van der Waals surface area contributed by atoms with Crippen LogP contribution in [0.15, 0.2) is 53.0 Å². The predicted molar refractivity (Wildman–Crippen MR) is 132 cm³/mol. The number of anilines is 1.